The molecule has 3 nitrogen and oxygen atoms in total. The first-order chi connectivity index (χ1) is 7.64. The number of rotatable bonds is 2. The third kappa shape index (κ3) is 2.97. The molecule has 1 unspecified atom stereocenters. The van der Waals surface area contributed by atoms with Crippen LogP contribution in [-0.4, -0.2) is 17.6 Å². The zero-order chi connectivity index (χ0) is 13.3. The second-order valence-electron chi connectivity index (χ2n) is 4.02. The number of halogens is 3. The van der Waals surface area contributed by atoms with Crippen molar-refractivity contribution < 1.29 is 18.0 Å². The van der Waals surface area contributed by atoms with E-state index in [0.29, 0.717) is 6.92 Å². The van der Waals surface area contributed by atoms with E-state index in [0.717, 1.165) is 5.56 Å². The zero-order valence-corrected chi connectivity index (χ0v) is 9.43. The van der Waals surface area contributed by atoms with Crippen LogP contribution in [0.3, 0.4) is 0 Å². The minimum Gasteiger partial charge on any atom is -0.324 e. The number of nitrogens with one attached hydrogen (secondary N) is 1. The molecule has 1 aromatic rings. The van der Waals surface area contributed by atoms with E-state index in [4.69, 9.17) is 5.73 Å². The van der Waals surface area contributed by atoms with Gasteiger partial charge < -0.3 is 11.1 Å². The molecule has 0 spiro atoms. The van der Waals surface area contributed by atoms with Crippen molar-refractivity contribution in [3.05, 3.63) is 29.8 Å². The van der Waals surface area contributed by atoms with Crippen LogP contribution in [0.1, 0.15) is 12.5 Å². The van der Waals surface area contributed by atoms with Crippen LogP contribution >= 0.6 is 0 Å². The molecule has 3 N–H and O–H groups in total. The van der Waals surface area contributed by atoms with Gasteiger partial charge in [-0.15, -0.1) is 0 Å². The molecule has 1 rings (SSSR count). The maximum atomic E-state index is 12.5. The van der Waals surface area contributed by atoms with E-state index >= 15 is 0 Å². The molecule has 0 saturated carbocycles. The van der Waals surface area contributed by atoms with Crippen LogP contribution in [0.4, 0.5) is 18.9 Å². The molecular formula is C11H13F3N2O. The highest BCUT2D eigenvalue weighted by Crippen LogP contribution is 2.29. The summed E-state index contributed by atoms with van der Waals surface area (Å²) in [6.07, 6.45) is -4.79. The average Bonchev–Trinajstić information content (AvgIpc) is 2.19. The van der Waals surface area contributed by atoms with Crippen molar-refractivity contribution in [2.24, 2.45) is 5.73 Å². The highest BCUT2D eigenvalue weighted by Gasteiger charge is 2.53. The lowest BCUT2D eigenvalue weighted by Gasteiger charge is -2.26. The maximum absolute atomic E-state index is 12.5. The molecule has 1 aromatic carbocycles. The van der Waals surface area contributed by atoms with Crippen LogP contribution in [0.15, 0.2) is 24.3 Å². The number of nitrogens with two attached hydrogens (primary N) is 1. The van der Waals surface area contributed by atoms with Crippen molar-refractivity contribution in [2.75, 3.05) is 5.32 Å². The highest BCUT2D eigenvalue weighted by atomic mass is 19.4. The number of alkyl halides is 3. The quantitative estimate of drug-likeness (QED) is 0.840. The Labute approximate surface area is 96.8 Å². The van der Waals surface area contributed by atoms with Gasteiger partial charge in [0.2, 0.25) is 0 Å². The molecular weight excluding hydrogens is 233 g/mol. The number of hydrogen-bond donors (Lipinski definition) is 2. The Kier molecular flexibility index (Phi) is 3.47. The Hall–Kier alpha value is -1.56. The lowest BCUT2D eigenvalue weighted by molar-refractivity contribution is -0.184. The van der Waals surface area contributed by atoms with Crippen molar-refractivity contribution in [1.82, 2.24) is 0 Å². The van der Waals surface area contributed by atoms with Gasteiger partial charge >= 0.3 is 6.18 Å². The van der Waals surface area contributed by atoms with E-state index in [1.54, 1.807) is 12.1 Å². The van der Waals surface area contributed by atoms with Crippen LogP contribution in [0.25, 0.3) is 0 Å². The van der Waals surface area contributed by atoms with Crippen molar-refractivity contribution in [1.29, 1.82) is 0 Å². The normalized spacial score (nSPS) is 15.2. The van der Waals surface area contributed by atoms with Crippen LogP contribution in [0.5, 0.6) is 0 Å². The van der Waals surface area contributed by atoms with Gasteiger partial charge in [-0.25, -0.2) is 0 Å². The second-order valence-corrected chi connectivity index (χ2v) is 4.02. The first-order valence-corrected chi connectivity index (χ1v) is 4.88. The Morgan fingerprint density at radius 1 is 1.24 bits per heavy atom. The van der Waals surface area contributed by atoms with Gasteiger partial charge in [-0.05, 0) is 26.0 Å². The highest BCUT2D eigenvalue weighted by molar-refractivity contribution is 5.98. The largest absolute Gasteiger partial charge is 0.415 e. The standard InChI is InChI=1S/C11H13F3N2O/c1-7-3-5-8(6-4-7)16-9(17)10(2,15)11(12,13)14/h3-6H,15H2,1-2H3,(H,16,17). The minimum atomic E-state index is -4.79. The zero-order valence-electron chi connectivity index (χ0n) is 9.43. The topological polar surface area (TPSA) is 55.1 Å². The summed E-state index contributed by atoms with van der Waals surface area (Å²) in [7, 11) is 0. The van der Waals surface area contributed by atoms with Crippen LogP contribution in [-0.2, 0) is 4.79 Å². The fourth-order valence-electron chi connectivity index (χ4n) is 1.03. The predicted molar refractivity (Wildman–Crippen MR) is 58.5 cm³/mol. The van der Waals surface area contributed by atoms with E-state index in [1.807, 2.05) is 6.92 Å². The van der Waals surface area contributed by atoms with Crippen molar-refractivity contribution in [2.45, 2.75) is 25.6 Å². The molecule has 17 heavy (non-hydrogen) atoms. The fourth-order valence-corrected chi connectivity index (χ4v) is 1.03. The summed E-state index contributed by atoms with van der Waals surface area (Å²) >= 11 is 0. The lowest BCUT2D eigenvalue weighted by Crippen LogP contribution is -2.59. The molecule has 0 radical (unpaired) electrons. The SMILES string of the molecule is Cc1ccc(NC(=O)C(C)(N)C(F)(F)F)cc1. The fraction of sp³-hybridized carbons (Fsp3) is 0.364. The molecule has 0 heterocycles. The number of benzene rings is 1. The average molecular weight is 246 g/mol. The first-order valence-electron chi connectivity index (χ1n) is 4.88. The Morgan fingerprint density at radius 2 is 1.71 bits per heavy atom. The van der Waals surface area contributed by atoms with Gasteiger partial charge in [0.15, 0.2) is 5.54 Å². The number of carbonyl (C=O) groups excluding carboxylic acids is 1. The maximum Gasteiger partial charge on any atom is 0.415 e. The van der Waals surface area contributed by atoms with E-state index in [9.17, 15) is 18.0 Å². The number of anilines is 1. The molecule has 1 amide bonds. The molecule has 0 aromatic heterocycles. The molecule has 0 aliphatic carbocycles. The molecule has 6 heteroatoms. The lowest BCUT2D eigenvalue weighted by atomic mass is 10.0. The van der Waals surface area contributed by atoms with Gasteiger partial charge in [0.05, 0.1) is 0 Å². The van der Waals surface area contributed by atoms with E-state index in [-0.39, 0.29) is 5.69 Å². The van der Waals surface area contributed by atoms with Crippen molar-refractivity contribution >= 4 is 11.6 Å². The third-order valence-corrected chi connectivity index (χ3v) is 2.37. The van der Waals surface area contributed by atoms with E-state index in [1.165, 1.54) is 12.1 Å². The van der Waals surface area contributed by atoms with Crippen molar-refractivity contribution in [3.63, 3.8) is 0 Å². The smallest absolute Gasteiger partial charge is 0.324 e. The molecule has 94 valence electrons. The molecule has 0 bridgehead atoms. The molecule has 0 saturated heterocycles. The third-order valence-electron chi connectivity index (χ3n) is 2.37. The number of aryl methyl sites for hydroxylation is 1. The van der Waals surface area contributed by atoms with Crippen LogP contribution < -0.4 is 11.1 Å². The summed E-state index contributed by atoms with van der Waals surface area (Å²) in [5.74, 6) is -1.28. The summed E-state index contributed by atoms with van der Waals surface area (Å²) < 4.78 is 37.4. The Morgan fingerprint density at radius 3 is 2.12 bits per heavy atom. The molecule has 1 atom stereocenters. The number of amides is 1. The predicted octanol–water partition coefficient (Wildman–Crippen LogP) is 2.21. The second kappa shape index (κ2) is 4.37. The van der Waals surface area contributed by atoms with E-state index in [2.05, 4.69) is 5.32 Å². The summed E-state index contributed by atoms with van der Waals surface area (Å²) in [4.78, 5) is 11.4. The van der Waals surface area contributed by atoms with Gasteiger partial charge in [-0.3, -0.25) is 4.79 Å². The van der Waals surface area contributed by atoms with Gasteiger partial charge in [0.25, 0.3) is 5.91 Å². The van der Waals surface area contributed by atoms with Gasteiger partial charge in [0, 0.05) is 5.69 Å². The van der Waals surface area contributed by atoms with Gasteiger partial charge in [-0.1, -0.05) is 17.7 Å². The number of hydrogen-bond acceptors (Lipinski definition) is 2. The van der Waals surface area contributed by atoms with Crippen LogP contribution in [0, 0.1) is 6.92 Å². The van der Waals surface area contributed by atoms with E-state index < -0.39 is 17.6 Å². The minimum absolute atomic E-state index is 0.279. The Balaban J connectivity index is 2.83. The molecule has 0 fully saturated rings. The van der Waals surface area contributed by atoms with Gasteiger partial charge in [-0.2, -0.15) is 13.2 Å². The summed E-state index contributed by atoms with van der Waals surface area (Å²) in [6.45, 7) is 2.46. The first kappa shape index (κ1) is 13.5. The summed E-state index contributed by atoms with van der Waals surface area (Å²) in [5, 5.41) is 2.13. The Bertz CT molecular complexity index is 410. The summed E-state index contributed by atoms with van der Waals surface area (Å²) in [5.41, 5.74) is 3.29. The summed E-state index contributed by atoms with van der Waals surface area (Å²) in [6, 6.07) is 6.38. The molecule has 0 aliphatic heterocycles. The molecule has 0 aliphatic rings. The van der Waals surface area contributed by atoms with Crippen LogP contribution in [0.2, 0.25) is 0 Å². The van der Waals surface area contributed by atoms with Crippen molar-refractivity contribution in [3.8, 4) is 0 Å². The monoisotopic (exact) mass is 246 g/mol. The van der Waals surface area contributed by atoms with Gasteiger partial charge in [0.1, 0.15) is 0 Å². The number of carbonyl (C=O) groups is 1.